The minimum atomic E-state index is -0.671. The molecule has 0 saturated carbocycles. The molecule has 6 heteroatoms. The van der Waals surface area contributed by atoms with Gasteiger partial charge in [-0.25, -0.2) is 9.37 Å². The quantitative estimate of drug-likeness (QED) is 0.872. The van der Waals surface area contributed by atoms with Crippen molar-refractivity contribution in [2.75, 3.05) is 5.73 Å². The van der Waals surface area contributed by atoms with Gasteiger partial charge >= 0.3 is 0 Å². The van der Waals surface area contributed by atoms with E-state index in [1.807, 2.05) is 0 Å². The molecule has 1 heterocycles. The van der Waals surface area contributed by atoms with E-state index in [2.05, 4.69) is 4.98 Å². The molecule has 0 aliphatic carbocycles. The maximum absolute atomic E-state index is 13.4. The van der Waals surface area contributed by atoms with Gasteiger partial charge in [0.1, 0.15) is 12.4 Å². The first-order valence-corrected chi connectivity index (χ1v) is 5.49. The third-order valence-corrected chi connectivity index (χ3v) is 2.51. The van der Waals surface area contributed by atoms with Gasteiger partial charge in [-0.2, -0.15) is 0 Å². The number of primary amides is 1. The molecule has 1 aromatic carbocycles. The van der Waals surface area contributed by atoms with Crippen molar-refractivity contribution in [2.45, 2.75) is 6.61 Å². The molecule has 0 unspecified atom stereocenters. The fourth-order valence-electron chi connectivity index (χ4n) is 1.51. The highest BCUT2D eigenvalue weighted by atomic mass is 19.1. The van der Waals surface area contributed by atoms with Crippen LogP contribution >= 0.6 is 0 Å². The molecular weight excluding hydrogens is 249 g/mol. The van der Waals surface area contributed by atoms with Crippen LogP contribution in [0.2, 0.25) is 0 Å². The van der Waals surface area contributed by atoms with Crippen molar-refractivity contribution in [3.8, 4) is 5.88 Å². The van der Waals surface area contributed by atoms with Gasteiger partial charge in [0.05, 0.1) is 17.4 Å². The number of hydrogen-bond acceptors (Lipinski definition) is 4. The molecular formula is C13H12FN3O2. The molecule has 2 aromatic rings. The average Bonchev–Trinajstić information content (AvgIpc) is 2.39. The number of carbonyl (C=O) groups excluding carboxylic acids is 1. The van der Waals surface area contributed by atoms with Crippen molar-refractivity contribution >= 4 is 11.6 Å². The minimum Gasteiger partial charge on any atom is -0.473 e. The van der Waals surface area contributed by atoms with Gasteiger partial charge in [-0.1, -0.05) is 18.2 Å². The number of rotatable bonds is 4. The summed E-state index contributed by atoms with van der Waals surface area (Å²) >= 11 is 0. The van der Waals surface area contributed by atoms with Gasteiger partial charge in [0.25, 0.3) is 5.91 Å². The third kappa shape index (κ3) is 2.98. The van der Waals surface area contributed by atoms with E-state index in [1.54, 1.807) is 18.2 Å². The second-order valence-electron chi connectivity index (χ2n) is 3.85. The molecule has 0 radical (unpaired) electrons. The molecule has 2 rings (SSSR count). The fourth-order valence-corrected chi connectivity index (χ4v) is 1.51. The van der Waals surface area contributed by atoms with Crippen molar-refractivity contribution in [3.05, 3.63) is 53.5 Å². The number of halogens is 1. The minimum absolute atomic E-state index is 0.00178. The highest BCUT2D eigenvalue weighted by Crippen LogP contribution is 2.17. The largest absolute Gasteiger partial charge is 0.473 e. The second kappa shape index (κ2) is 5.34. The number of aromatic nitrogens is 1. The Hall–Kier alpha value is -2.63. The van der Waals surface area contributed by atoms with Crippen LogP contribution in [0.1, 0.15) is 15.9 Å². The zero-order chi connectivity index (χ0) is 13.8. The Morgan fingerprint density at radius 1 is 1.37 bits per heavy atom. The Bertz CT molecular complexity index is 617. The number of pyridine rings is 1. The predicted molar refractivity (Wildman–Crippen MR) is 67.9 cm³/mol. The Kier molecular flexibility index (Phi) is 3.61. The molecule has 98 valence electrons. The lowest BCUT2D eigenvalue weighted by Gasteiger charge is -2.08. The summed E-state index contributed by atoms with van der Waals surface area (Å²) in [5, 5.41) is 0. The van der Waals surface area contributed by atoms with Crippen LogP contribution in [0.5, 0.6) is 5.88 Å². The third-order valence-electron chi connectivity index (χ3n) is 2.51. The molecule has 1 aromatic heterocycles. The molecule has 4 N–H and O–H groups in total. The van der Waals surface area contributed by atoms with Gasteiger partial charge < -0.3 is 16.2 Å². The van der Waals surface area contributed by atoms with E-state index >= 15 is 0 Å². The summed E-state index contributed by atoms with van der Waals surface area (Å²) in [7, 11) is 0. The van der Waals surface area contributed by atoms with Crippen LogP contribution in [0.3, 0.4) is 0 Å². The molecule has 0 fully saturated rings. The molecule has 19 heavy (non-hydrogen) atoms. The normalized spacial score (nSPS) is 10.2. The summed E-state index contributed by atoms with van der Waals surface area (Å²) in [5.41, 5.74) is 11.4. The number of hydrogen-bond donors (Lipinski definition) is 2. The van der Waals surface area contributed by atoms with Crippen LogP contribution in [0.4, 0.5) is 10.1 Å². The van der Waals surface area contributed by atoms with Gasteiger partial charge in [-0.15, -0.1) is 0 Å². The summed E-state index contributed by atoms with van der Waals surface area (Å²) in [6.45, 7) is 0.00178. The Labute approximate surface area is 109 Å². The first-order chi connectivity index (χ1) is 9.08. The van der Waals surface area contributed by atoms with Crippen LogP contribution < -0.4 is 16.2 Å². The number of carbonyl (C=O) groups is 1. The summed E-state index contributed by atoms with van der Waals surface area (Å²) in [4.78, 5) is 15.0. The van der Waals surface area contributed by atoms with E-state index in [1.165, 1.54) is 18.3 Å². The number of amides is 1. The molecule has 0 spiro atoms. The number of nitrogens with two attached hydrogens (primary N) is 2. The number of ether oxygens (including phenoxy) is 1. The monoisotopic (exact) mass is 261 g/mol. The zero-order valence-electron chi connectivity index (χ0n) is 9.97. The number of anilines is 1. The lowest BCUT2D eigenvalue weighted by Crippen LogP contribution is -2.14. The van der Waals surface area contributed by atoms with Gasteiger partial charge in [0.15, 0.2) is 0 Å². The van der Waals surface area contributed by atoms with E-state index in [0.717, 1.165) is 0 Å². The standard InChI is InChI=1S/C13H12FN3O2/c14-10-4-2-1-3-8(10)7-19-12-5-9(13(16)18)11(15)6-17-12/h1-6H,7,15H2,(H2,16,18). The van der Waals surface area contributed by atoms with Gasteiger partial charge in [0.2, 0.25) is 5.88 Å². The van der Waals surface area contributed by atoms with E-state index in [-0.39, 0.29) is 29.6 Å². The molecule has 5 nitrogen and oxygen atoms in total. The fraction of sp³-hybridized carbons (Fsp3) is 0.0769. The molecule has 0 bridgehead atoms. The Balaban J connectivity index is 2.14. The lowest BCUT2D eigenvalue weighted by atomic mass is 10.2. The van der Waals surface area contributed by atoms with Crippen molar-refractivity contribution in [1.29, 1.82) is 0 Å². The summed E-state index contributed by atoms with van der Waals surface area (Å²) in [6.07, 6.45) is 1.27. The summed E-state index contributed by atoms with van der Waals surface area (Å²) in [6, 6.07) is 7.56. The molecule has 1 amide bonds. The topological polar surface area (TPSA) is 91.2 Å². The van der Waals surface area contributed by atoms with Crippen molar-refractivity contribution in [2.24, 2.45) is 5.73 Å². The van der Waals surface area contributed by atoms with Crippen LogP contribution in [0.15, 0.2) is 36.5 Å². The number of nitrogens with zero attached hydrogens (tertiary/aromatic N) is 1. The van der Waals surface area contributed by atoms with Crippen LogP contribution in [-0.4, -0.2) is 10.9 Å². The van der Waals surface area contributed by atoms with Crippen LogP contribution in [0.25, 0.3) is 0 Å². The maximum atomic E-state index is 13.4. The summed E-state index contributed by atoms with van der Waals surface area (Å²) < 4.78 is 18.7. The number of nitrogen functional groups attached to an aromatic ring is 1. The van der Waals surface area contributed by atoms with E-state index in [9.17, 15) is 9.18 Å². The molecule has 0 saturated heterocycles. The summed E-state index contributed by atoms with van der Waals surface area (Å²) in [5.74, 6) is -0.880. The van der Waals surface area contributed by atoms with E-state index < -0.39 is 5.91 Å². The van der Waals surface area contributed by atoms with Crippen molar-refractivity contribution < 1.29 is 13.9 Å². The average molecular weight is 261 g/mol. The Morgan fingerprint density at radius 2 is 2.11 bits per heavy atom. The SMILES string of the molecule is NC(=O)c1cc(OCc2ccccc2F)ncc1N. The highest BCUT2D eigenvalue weighted by Gasteiger charge is 2.09. The van der Waals surface area contributed by atoms with E-state index in [4.69, 9.17) is 16.2 Å². The highest BCUT2D eigenvalue weighted by molar-refractivity contribution is 5.97. The van der Waals surface area contributed by atoms with Crippen molar-refractivity contribution in [3.63, 3.8) is 0 Å². The first-order valence-electron chi connectivity index (χ1n) is 5.49. The van der Waals surface area contributed by atoms with Gasteiger partial charge in [0, 0.05) is 11.6 Å². The lowest BCUT2D eigenvalue weighted by molar-refractivity contribution is 0.100. The van der Waals surface area contributed by atoms with Gasteiger partial charge in [-0.05, 0) is 6.07 Å². The zero-order valence-corrected chi connectivity index (χ0v) is 9.97. The maximum Gasteiger partial charge on any atom is 0.251 e. The van der Waals surface area contributed by atoms with Crippen LogP contribution in [0, 0.1) is 5.82 Å². The van der Waals surface area contributed by atoms with Crippen molar-refractivity contribution in [1.82, 2.24) is 4.98 Å². The molecule has 0 atom stereocenters. The molecule has 0 aliphatic heterocycles. The smallest absolute Gasteiger partial charge is 0.251 e. The predicted octanol–water partition coefficient (Wildman–Crippen LogP) is 1.48. The number of benzene rings is 1. The van der Waals surface area contributed by atoms with Crippen LogP contribution in [-0.2, 0) is 6.61 Å². The molecule has 0 aliphatic rings. The second-order valence-corrected chi connectivity index (χ2v) is 3.85. The first kappa shape index (κ1) is 12.8. The van der Waals surface area contributed by atoms with E-state index in [0.29, 0.717) is 5.56 Å². The van der Waals surface area contributed by atoms with Gasteiger partial charge in [-0.3, -0.25) is 4.79 Å². The Morgan fingerprint density at radius 3 is 2.79 bits per heavy atom.